The summed E-state index contributed by atoms with van der Waals surface area (Å²) in [4.78, 5) is 14.6. The monoisotopic (exact) mass is 235 g/mol. The van der Waals surface area contributed by atoms with Crippen LogP contribution in [0.25, 0.3) is 0 Å². The Kier molecular flexibility index (Phi) is 3.57. The summed E-state index contributed by atoms with van der Waals surface area (Å²) in [6.07, 6.45) is -2.85. The van der Waals surface area contributed by atoms with Gasteiger partial charge in [0.05, 0.1) is 22.8 Å². The highest BCUT2D eigenvalue weighted by Crippen LogP contribution is 2.25. The van der Waals surface area contributed by atoms with E-state index in [9.17, 15) is 13.6 Å². The zero-order valence-corrected chi connectivity index (χ0v) is 8.55. The number of aromatic nitrogens is 1. The molecule has 0 fully saturated rings. The van der Waals surface area contributed by atoms with Gasteiger partial charge in [0.25, 0.3) is 6.43 Å². The number of nitrogens with zero attached hydrogens (tertiary/aromatic N) is 1. The molecule has 0 radical (unpaired) electrons. The molecule has 1 heterocycles. The van der Waals surface area contributed by atoms with Crippen molar-refractivity contribution in [3.05, 3.63) is 28.6 Å². The first-order valence-electron chi connectivity index (χ1n) is 4.05. The van der Waals surface area contributed by atoms with E-state index >= 15 is 0 Å². The highest BCUT2D eigenvalue weighted by atomic mass is 35.5. The highest BCUT2D eigenvalue weighted by molar-refractivity contribution is 6.16. The number of halogens is 3. The molecule has 0 aliphatic rings. The Balaban J connectivity index is 3.42. The molecule has 82 valence electrons. The lowest BCUT2D eigenvalue weighted by Crippen LogP contribution is -2.09. The van der Waals surface area contributed by atoms with E-state index < -0.39 is 23.5 Å². The fourth-order valence-corrected chi connectivity index (χ4v) is 1.42. The molecule has 0 saturated carbocycles. The number of alkyl halides is 3. The average Bonchev–Trinajstić information content (AvgIpc) is 2.15. The lowest BCUT2D eigenvalue weighted by Gasteiger charge is -2.09. The molecule has 0 atom stereocenters. The second-order valence-electron chi connectivity index (χ2n) is 2.90. The van der Waals surface area contributed by atoms with E-state index in [1.165, 1.54) is 6.92 Å². The lowest BCUT2D eigenvalue weighted by molar-refractivity contribution is 0.0683. The fraction of sp³-hybridized carbons (Fsp3) is 0.333. The van der Waals surface area contributed by atoms with Crippen molar-refractivity contribution in [2.75, 3.05) is 0 Å². The number of aryl methyl sites for hydroxylation is 1. The van der Waals surface area contributed by atoms with Gasteiger partial charge in [-0.15, -0.1) is 11.6 Å². The van der Waals surface area contributed by atoms with Crippen molar-refractivity contribution < 1.29 is 18.7 Å². The Labute approximate surface area is 89.7 Å². The maximum atomic E-state index is 12.6. The van der Waals surface area contributed by atoms with Crippen molar-refractivity contribution in [2.45, 2.75) is 19.2 Å². The summed E-state index contributed by atoms with van der Waals surface area (Å²) in [6.45, 7) is 1.37. The van der Waals surface area contributed by atoms with Crippen molar-refractivity contribution in [3.63, 3.8) is 0 Å². The van der Waals surface area contributed by atoms with E-state index in [4.69, 9.17) is 16.7 Å². The molecular weight excluding hydrogens is 228 g/mol. The van der Waals surface area contributed by atoms with E-state index in [1.807, 2.05) is 0 Å². The van der Waals surface area contributed by atoms with Crippen LogP contribution in [-0.2, 0) is 5.88 Å². The van der Waals surface area contributed by atoms with Crippen LogP contribution < -0.4 is 0 Å². The molecule has 1 aromatic heterocycles. The van der Waals surface area contributed by atoms with Gasteiger partial charge in [-0.05, 0) is 13.0 Å². The van der Waals surface area contributed by atoms with Crippen molar-refractivity contribution in [1.82, 2.24) is 4.98 Å². The maximum absolute atomic E-state index is 12.6. The van der Waals surface area contributed by atoms with Crippen LogP contribution in [0.15, 0.2) is 6.07 Å². The molecule has 3 nitrogen and oxygen atoms in total. The molecular formula is C9H8ClF2NO2. The van der Waals surface area contributed by atoms with Gasteiger partial charge in [-0.1, -0.05) is 0 Å². The third-order valence-electron chi connectivity index (χ3n) is 1.87. The topological polar surface area (TPSA) is 50.2 Å². The van der Waals surface area contributed by atoms with Crippen LogP contribution in [-0.4, -0.2) is 16.1 Å². The van der Waals surface area contributed by atoms with Gasteiger partial charge in [0.15, 0.2) is 0 Å². The quantitative estimate of drug-likeness (QED) is 0.820. The summed E-state index contributed by atoms with van der Waals surface area (Å²) in [5.41, 5.74) is -0.685. The molecule has 0 amide bonds. The first kappa shape index (κ1) is 11.8. The number of rotatable bonds is 3. The molecule has 0 bridgehead atoms. The Bertz CT molecular complexity index is 396. The molecule has 0 spiro atoms. The predicted octanol–water partition coefficient (Wildman–Crippen LogP) is 2.76. The van der Waals surface area contributed by atoms with Gasteiger partial charge in [0, 0.05) is 5.56 Å². The fourth-order valence-electron chi connectivity index (χ4n) is 1.28. The molecule has 0 aliphatic heterocycles. The van der Waals surface area contributed by atoms with Crippen molar-refractivity contribution >= 4 is 17.6 Å². The standard InChI is InChI=1S/C9H8ClF2NO2/c1-4-7(9(14)15)6(8(11)12)2-5(3-10)13-4/h2,8H,3H2,1H3,(H,14,15). The van der Waals surface area contributed by atoms with Crippen LogP contribution in [0.4, 0.5) is 8.78 Å². The van der Waals surface area contributed by atoms with Gasteiger partial charge >= 0.3 is 5.97 Å². The second-order valence-corrected chi connectivity index (χ2v) is 3.17. The number of carboxylic acid groups (broad SMARTS) is 1. The average molecular weight is 236 g/mol. The number of hydrogen-bond acceptors (Lipinski definition) is 2. The lowest BCUT2D eigenvalue weighted by atomic mass is 10.1. The molecule has 0 aliphatic carbocycles. The van der Waals surface area contributed by atoms with Gasteiger partial charge in [-0.2, -0.15) is 0 Å². The van der Waals surface area contributed by atoms with Crippen LogP contribution in [0.5, 0.6) is 0 Å². The molecule has 1 N–H and O–H groups in total. The highest BCUT2D eigenvalue weighted by Gasteiger charge is 2.21. The summed E-state index contributed by atoms with van der Waals surface area (Å²) >= 11 is 5.45. The van der Waals surface area contributed by atoms with Crippen molar-refractivity contribution in [2.24, 2.45) is 0 Å². The van der Waals surface area contributed by atoms with Gasteiger partial charge in [-0.3, -0.25) is 4.98 Å². The van der Waals surface area contributed by atoms with Gasteiger partial charge in [-0.25, -0.2) is 13.6 Å². The minimum Gasteiger partial charge on any atom is -0.478 e. The summed E-state index contributed by atoms with van der Waals surface area (Å²) in [6, 6.07) is 1.02. The van der Waals surface area contributed by atoms with E-state index in [-0.39, 0.29) is 17.3 Å². The van der Waals surface area contributed by atoms with E-state index in [0.717, 1.165) is 6.07 Å². The molecule has 1 aromatic rings. The van der Waals surface area contributed by atoms with Crippen LogP contribution >= 0.6 is 11.6 Å². The van der Waals surface area contributed by atoms with Crippen LogP contribution in [0, 0.1) is 6.92 Å². The number of pyridine rings is 1. The van der Waals surface area contributed by atoms with Gasteiger partial charge < -0.3 is 5.11 Å². The third-order valence-corrected chi connectivity index (χ3v) is 2.14. The zero-order valence-electron chi connectivity index (χ0n) is 7.80. The molecule has 6 heteroatoms. The number of carbonyl (C=O) groups is 1. The summed E-state index contributed by atoms with van der Waals surface area (Å²) in [5, 5.41) is 8.75. The molecule has 0 saturated heterocycles. The first-order chi connectivity index (χ1) is 6.97. The molecule has 15 heavy (non-hydrogen) atoms. The van der Waals surface area contributed by atoms with E-state index in [0.29, 0.717) is 0 Å². The first-order valence-corrected chi connectivity index (χ1v) is 4.58. The largest absolute Gasteiger partial charge is 0.478 e. The van der Waals surface area contributed by atoms with Crippen LogP contribution in [0.2, 0.25) is 0 Å². The SMILES string of the molecule is Cc1nc(CCl)cc(C(F)F)c1C(=O)O. The Morgan fingerprint density at radius 1 is 1.67 bits per heavy atom. The summed E-state index contributed by atoms with van der Waals surface area (Å²) in [5.74, 6) is -1.43. The van der Waals surface area contributed by atoms with Crippen molar-refractivity contribution in [3.8, 4) is 0 Å². The normalized spacial score (nSPS) is 10.7. The van der Waals surface area contributed by atoms with Gasteiger partial charge in [0.2, 0.25) is 0 Å². The minimum absolute atomic E-state index is 0.0273. The molecule has 0 unspecified atom stereocenters. The van der Waals surface area contributed by atoms with Crippen molar-refractivity contribution in [1.29, 1.82) is 0 Å². The Hall–Kier alpha value is -1.23. The predicted molar refractivity (Wildman–Crippen MR) is 50.4 cm³/mol. The number of carboxylic acids is 1. The van der Waals surface area contributed by atoms with E-state index in [2.05, 4.69) is 4.98 Å². The Morgan fingerprint density at radius 3 is 2.67 bits per heavy atom. The van der Waals surface area contributed by atoms with Crippen LogP contribution in [0.1, 0.15) is 33.7 Å². The zero-order chi connectivity index (χ0) is 11.6. The Morgan fingerprint density at radius 2 is 2.27 bits per heavy atom. The molecule has 0 aromatic carbocycles. The van der Waals surface area contributed by atoms with Gasteiger partial charge in [0.1, 0.15) is 0 Å². The van der Waals surface area contributed by atoms with E-state index in [1.54, 1.807) is 0 Å². The second kappa shape index (κ2) is 4.53. The summed E-state index contributed by atoms with van der Waals surface area (Å²) in [7, 11) is 0. The van der Waals surface area contributed by atoms with Crippen LogP contribution in [0.3, 0.4) is 0 Å². The molecule has 1 rings (SSSR count). The minimum atomic E-state index is -2.85. The number of hydrogen-bond donors (Lipinski definition) is 1. The summed E-state index contributed by atoms with van der Waals surface area (Å²) < 4.78 is 25.1. The smallest absolute Gasteiger partial charge is 0.338 e. The third kappa shape index (κ3) is 2.41. The number of aromatic carboxylic acids is 1. The maximum Gasteiger partial charge on any atom is 0.338 e.